The second-order valence-electron chi connectivity index (χ2n) is 6.94. The molecular weight excluding hydrogens is 327 g/mol. The first-order valence-electron chi connectivity index (χ1n) is 9.06. The summed E-state index contributed by atoms with van der Waals surface area (Å²) in [5, 5.41) is 2.32. The zero-order valence-corrected chi connectivity index (χ0v) is 14.6. The second kappa shape index (κ2) is 7.24. The van der Waals surface area contributed by atoms with Crippen LogP contribution in [0, 0.1) is 5.82 Å². The van der Waals surface area contributed by atoms with E-state index in [-0.39, 0.29) is 17.6 Å². The molecule has 4 heteroatoms. The maximum Gasteiger partial charge on any atom is 0.227 e. The van der Waals surface area contributed by atoms with Crippen LogP contribution in [0.3, 0.4) is 0 Å². The van der Waals surface area contributed by atoms with Crippen molar-refractivity contribution in [3.05, 3.63) is 77.9 Å². The molecule has 1 aromatic heterocycles. The van der Waals surface area contributed by atoms with Crippen LogP contribution in [0.15, 0.2) is 60.8 Å². The van der Waals surface area contributed by atoms with Gasteiger partial charge in [0, 0.05) is 36.3 Å². The number of likely N-dealkylation sites (tertiary alicyclic amines) is 1. The average Bonchev–Trinajstić information content (AvgIpc) is 2.69. The van der Waals surface area contributed by atoms with Gasteiger partial charge >= 0.3 is 0 Å². The van der Waals surface area contributed by atoms with E-state index < -0.39 is 0 Å². The molecule has 2 heterocycles. The minimum Gasteiger partial charge on any atom is -0.342 e. The molecule has 3 nitrogen and oxygen atoms in total. The number of fused-ring (bicyclic) bond motifs is 1. The van der Waals surface area contributed by atoms with E-state index in [1.807, 2.05) is 23.2 Å². The molecule has 4 rings (SSSR count). The van der Waals surface area contributed by atoms with E-state index >= 15 is 0 Å². The number of carbonyl (C=O) groups is 1. The van der Waals surface area contributed by atoms with E-state index in [9.17, 15) is 9.18 Å². The fraction of sp³-hybridized carbons (Fsp3) is 0.273. The number of aromatic nitrogens is 1. The molecule has 2 aromatic carbocycles. The average molecular weight is 348 g/mol. The van der Waals surface area contributed by atoms with Gasteiger partial charge in [-0.2, -0.15) is 0 Å². The van der Waals surface area contributed by atoms with Crippen LogP contribution < -0.4 is 0 Å². The van der Waals surface area contributed by atoms with Crippen molar-refractivity contribution in [1.29, 1.82) is 0 Å². The Morgan fingerprint density at radius 1 is 1.12 bits per heavy atom. The third-order valence-electron chi connectivity index (χ3n) is 5.11. The van der Waals surface area contributed by atoms with E-state index in [4.69, 9.17) is 0 Å². The summed E-state index contributed by atoms with van der Waals surface area (Å²) in [6, 6.07) is 16.5. The number of nitrogens with zero attached hydrogens (tertiary/aromatic N) is 2. The second-order valence-corrected chi connectivity index (χ2v) is 6.94. The Labute approximate surface area is 152 Å². The molecule has 1 fully saturated rings. The van der Waals surface area contributed by atoms with Crippen LogP contribution in [0.25, 0.3) is 10.8 Å². The fourth-order valence-electron chi connectivity index (χ4n) is 3.66. The van der Waals surface area contributed by atoms with Crippen molar-refractivity contribution in [2.24, 2.45) is 0 Å². The largest absolute Gasteiger partial charge is 0.342 e. The van der Waals surface area contributed by atoms with Gasteiger partial charge in [-0.1, -0.05) is 36.4 Å². The SMILES string of the molecule is O=C(Cc1ccc(F)cc1)N1CCC[C@@H](c2cc3ccccc3cn2)C1. The van der Waals surface area contributed by atoms with Gasteiger partial charge in [-0.25, -0.2) is 4.39 Å². The van der Waals surface area contributed by atoms with Crippen LogP contribution in [-0.4, -0.2) is 28.9 Å². The molecule has 0 saturated carbocycles. The Morgan fingerprint density at radius 2 is 1.88 bits per heavy atom. The molecule has 1 aliphatic heterocycles. The number of amides is 1. The summed E-state index contributed by atoms with van der Waals surface area (Å²) in [7, 11) is 0. The van der Waals surface area contributed by atoms with Crippen LogP contribution in [-0.2, 0) is 11.2 Å². The Balaban J connectivity index is 1.47. The minimum absolute atomic E-state index is 0.0992. The number of rotatable bonds is 3. The van der Waals surface area contributed by atoms with Crippen molar-refractivity contribution in [3.63, 3.8) is 0 Å². The number of hydrogen-bond donors (Lipinski definition) is 0. The maximum absolute atomic E-state index is 13.0. The first kappa shape index (κ1) is 16.7. The van der Waals surface area contributed by atoms with Crippen LogP contribution in [0.1, 0.15) is 30.0 Å². The Kier molecular flexibility index (Phi) is 4.65. The highest BCUT2D eigenvalue weighted by Gasteiger charge is 2.25. The summed E-state index contributed by atoms with van der Waals surface area (Å²) in [5.41, 5.74) is 1.91. The molecule has 0 spiro atoms. The zero-order chi connectivity index (χ0) is 17.9. The normalized spacial score (nSPS) is 17.4. The smallest absolute Gasteiger partial charge is 0.227 e. The minimum atomic E-state index is -0.276. The summed E-state index contributed by atoms with van der Waals surface area (Å²) >= 11 is 0. The summed E-state index contributed by atoms with van der Waals surface area (Å²) < 4.78 is 13.0. The predicted molar refractivity (Wildman–Crippen MR) is 100 cm³/mol. The molecule has 1 aliphatic rings. The van der Waals surface area contributed by atoms with Crippen molar-refractivity contribution in [2.45, 2.75) is 25.2 Å². The zero-order valence-electron chi connectivity index (χ0n) is 14.6. The third kappa shape index (κ3) is 3.59. The first-order valence-corrected chi connectivity index (χ1v) is 9.06. The lowest BCUT2D eigenvalue weighted by atomic mass is 9.93. The van der Waals surface area contributed by atoms with Gasteiger partial charge in [0.05, 0.1) is 6.42 Å². The van der Waals surface area contributed by atoms with Crippen molar-refractivity contribution < 1.29 is 9.18 Å². The van der Waals surface area contributed by atoms with Crippen LogP contribution in [0.4, 0.5) is 4.39 Å². The number of carbonyl (C=O) groups excluding carboxylic acids is 1. The number of pyridine rings is 1. The molecule has 0 N–H and O–H groups in total. The van der Waals surface area contributed by atoms with Gasteiger partial charge in [-0.3, -0.25) is 9.78 Å². The predicted octanol–water partition coefficient (Wildman–Crippen LogP) is 4.32. The lowest BCUT2D eigenvalue weighted by molar-refractivity contribution is -0.131. The molecule has 132 valence electrons. The maximum atomic E-state index is 13.0. The molecule has 1 atom stereocenters. The van der Waals surface area contributed by atoms with Crippen LogP contribution >= 0.6 is 0 Å². The molecule has 1 saturated heterocycles. The number of benzene rings is 2. The molecule has 0 unspecified atom stereocenters. The quantitative estimate of drug-likeness (QED) is 0.706. The summed E-state index contributed by atoms with van der Waals surface area (Å²) in [6.07, 6.45) is 4.27. The lowest BCUT2D eigenvalue weighted by Crippen LogP contribution is -2.40. The molecule has 1 amide bonds. The molecule has 26 heavy (non-hydrogen) atoms. The molecule has 3 aromatic rings. The van der Waals surface area contributed by atoms with E-state index in [2.05, 4.69) is 23.2 Å². The molecule has 0 radical (unpaired) electrons. The molecular formula is C22H21FN2O. The summed E-state index contributed by atoms with van der Waals surface area (Å²) in [4.78, 5) is 19.2. The van der Waals surface area contributed by atoms with E-state index in [0.717, 1.165) is 36.0 Å². The van der Waals surface area contributed by atoms with Crippen molar-refractivity contribution >= 4 is 16.7 Å². The van der Waals surface area contributed by atoms with E-state index in [1.54, 1.807) is 12.1 Å². The van der Waals surface area contributed by atoms with Crippen LogP contribution in [0.5, 0.6) is 0 Å². The Bertz CT molecular complexity index is 923. The first-order chi connectivity index (χ1) is 12.7. The van der Waals surface area contributed by atoms with Crippen molar-refractivity contribution in [1.82, 2.24) is 9.88 Å². The van der Waals surface area contributed by atoms with Gasteiger partial charge < -0.3 is 4.90 Å². The van der Waals surface area contributed by atoms with Crippen molar-refractivity contribution in [2.75, 3.05) is 13.1 Å². The van der Waals surface area contributed by atoms with E-state index in [1.165, 1.54) is 17.5 Å². The summed E-state index contributed by atoms with van der Waals surface area (Å²) in [5.74, 6) is 0.0919. The Hall–Kier alpha value is -2.75. The standard InChI is InChI=1S/C22H21FN2O/c23-20-9-7-16(8-10-20)12-22(26)25-11-3-6-19(15-25)21-13-17-4-1-2-5-18(17)14-24-21/h1-2,4-5,7-10,13-14,19H,3,6,11-12,15H2/t19-/m1/s1. The van der Waals surface area contributed by atoms with Gasteiger partial charge in [-0.05, 0) is 42.0 Å². The lowest BCUT2D eigenvalue weighted by Gasteiger charge is -2.32. The number of halogens is 1. The number of hydrogen-bond acceptors (Lipinski definition) is 2. The highest BCUT2D eigenvalue weighted by Crippen LogP contribution is 2.28. The topological polar surface area (TPSA) is 33.2 Å². The van der Waals surface area contributed by atoms with Gasteiger partial charge in [0.2, 0.25) is 5.91 Å². The highest BCUT2D eigenvalue weighted by atomic mass is 19.1. The van der Waals surface area contributed by atoms with Crippen molar-refractivity contribution in [3.8, 4) is 0 Å². The van der Waals surface area contributed by atoms with Gasteiger partial charge in [0.15, 0.2) is 0 Å². The van der Waals surface area contributed by atoms with Gasteiger partial charge in [0.1, 0.15) is 5.82 Å². The molecule has 0 bridgehead atoms. The number of piperidine rings is 1. The Morgan fingerprint density at radius 3 is 2.69 bits per heavy atom. The van der Waals surface area contributed by atoms with Gasteiger partial charge in [-0.15, -0.1) is 0 Å². The fourth-order valence-corrected chi connectivity index (χ4v) is 3.66. The van der Waals surface area contributed by atoms with Gasteiger partial charge in [0.25, 0.3) is 0 Å². The monoisotopic (exact) mass is 348 g/mol. The highest BCUT2D eigenvalue weighted by molar-refractivity contribution is 5.82. The molecule has 0 aliphatic carbocycles. The van der Waals surface area contributed by atoms with E-state index in [0.29, 0.717) is 13.0 Å². The third-order valence-corrected chi connectivity index (χ3v) is 5.11. The summed E-state index contributed by atoms with van der Waals surface area (Å²) in [6.45, 7) is 1.48. The van der Waals surface area contributed by atoms with Crippen LogP contribution in [0.2, 0.25) is 0 Å².